The van der Waals surface area contributed by atoms with Crippen LogP contribution in [0.2, 0.25) is 0 Å². The van der Waals surface area contributed by atoms with E-state index in [1.807, 2.05) is 0 Å². The van der Waals surface area contributed by atoms with Gasteiger partial charge in [0.1, 0.15) is 0 Å². The summed E-state index contributed by atoms with van der Waals surface area (Å²) < 4.78 is 0. The number of nitrogens with one attached hydrogen (secondary N) is 1. The van der Waals surface area contributed by atoms with E-state index in [0.717, 1.165) is 24.5 Å². The molecule has 0 aromatic heterocycles. The van der Waals surface area contributed by atoms with Crippen molar-refractivity contribution in [3.63, 3.8) is 0 Å². The average Bonchev–Trinajstić information content (AvgIpc) is 3.17. The number of hydrazone groups is 1. The van der Waals surface area contributed by atoms with Gasteiger partial charge in [0.25, 0.3) is 0 Å². The highest BCUT2D eigenvalue weighted by atomic mass is 15.5. The van der Waals surface area contributed by atoms with Crippen molar-refractivity contribution < 1.29 is 0 Å². The molecular formula is C31H31N3. The Morgan fingerprint density at radius 3 is 1.82 bits per heavy atom. The largest absolute Gasteiger partial charge is 0.309 e. The lowest BCUT2D eigenvalue weighted by atomic mass is 9.75. The van der Waals surface area contributed by atoms with E-state index >= 15 is 0 Å². The zero-order valence-electron chi connectivity index (χ0n) is 19.9. The summed E-state index contributed by atoms with van der Waals surface area (Å²) in [5, 5.41) is 11.0. The Morgan fingerprint density at radius 1 is 0.676 bits per heavy atom. The Morgan fingerprint density at radius 2 is 1.21 bits per heavy atom. The Bertz CT molecular complexity index is 1230. The smallest absolute Gasteiger partial charge is 0.0882 e. The molecule has 0 aliphatic carbocycles. The van der Waals surface area contributed by atoms with Gasteiger partial charge in [0.2, 0.25) is 0 Å². The van der Waals surface area contributed by atoms with Gasteiger partial charge >= 0.3 is 0 Å². The first kappa shape index (κ1) is 22.1. The fourth-order valence-corrected chi connectivity index (χ4v) is 4.87. The van der Waals surface area contributed by atoms with E-state index in [9.17, 15) is 0 Å². The van der Waals surface area contributed by atoms with Crippen molar-refractivity contribution in [1.82, 2.24) is 5.32 Å². The zero-order chi connectivity index (χ0) is 23.4. The maximum absolute atomic E-state index is 5.20. The highest BCUT2D eigenvalue weighted by molar-refractivity contribution is 6.07. The van der Waals surface area contributed by atoms with Crippen LogP contribution in [-0.2, 0) is 13.1 Å². The quantitative estimate of drug-likeness (QED) is 0.333. The van der Waals surface area contributed by atoms with Crippen molar-refractivity contribution in [2.75, 3.05) is 5.01 Å². The molecule has 0 unspecified atom stereocenters. The predicted octanol–water partition coefficient (Wildman–Crippen LogP) is 6.97. The van der Waals surface area contributed by atoms with Gasteiger partial charge in [-0.15, -0.1) is 0 Å². The second-order valence-corrected chi connectivity index (χ2v) is 9.45. The van der Waals surface area contributed by atoms with Crippen molar-refractivity contribution in [2.45, 2.75) is 33.0 Å². The summed E-state index contributed by atoms with van der Waals surface area (Å²) in [6.07, 6.45) is 0. The summed E-state index contributed by atoms with van der Waals surface area (Å²) in [7, 11) is 0. The molecule has 4 aromatic carbocycles. The van der Waals surface area contributed by atoms with Gasteiger partial charge in [-0.1, -0.05) is 117 Å². The molecule has 3 heteroatoms. The van der Waals surface area contributed by atoms with Crippen molar-refractivity contribution in [2.24, 2.45) is 10.5 Å². The molecule has 1 atom stereocenters. The zero-order valence-corrected chi connectivity index (χ0v) is 19.9. The van der Waals surface area contributed by atoms with Crippen LogP contribution in [0.15, 0.2) is 120 Å². The lowest BCUT2D eigenvalue weighted by molar-refractivity contribution is 0.425. The van der Waals surface area contributed by atoms with Crippen LogP contribution in [0.4, 0.5) is 5.69 Å². The second-order valence-electron chi connectivity index (χ2n) is 9.45. The van der Waals surface area contributed by atoms with Crippen LogP contribution < -0.4 is 10.3 Å². The molecule has 1 N–H and O–H groups in total. The summed E-state index contributed by atoms with van der Waals surface area (Å²) in [5.74, 6) is 0. The van der Waals surface area contributed by atoms with E-state index in [-0.39, 0.29) is 11.5 Å². The molecule has 0 saturated heterocycles. The van der Waals surface area contributed by atoms with Crippen LogP contribution in [0.1, 0.15) is 42.1 Å². The third-order valence-corrected chi connectivity index (χ3v) is 6.61. The van der Waals surface area contributed by atoms with Crippen LogP contribution in [0, 0.1) is 5.41 Å². The molecule has 0 saturated carbocycles. The standard InChI is InChI=1S/C31H31N3/c1-31(2)29(26-14-8-4-9-15-26)33-34(30(31)27-16-10-5-11-17-27)28-20-18-25(19-21-28)23-32-22-24-12-6-3-7-13-24/h3-21,30,32H,22-23H2,1-2H3/t30-/m1/s1. The third kappa shape index (κ3) is 4.52. The van der Waals surface area contributed by atoms with E-state index in [1.165, 1.54) is 22.3 Å². The van der Waals surface area contributed by atoms with E-state index in [1.54, 1.807) is 0 Å². The van der Waals surface area contributed by atoms with E-state index in [4.69, 9.17) is 5.10 Å². The molecular weight excluding hydrogens is 414 g/mol. The van der Waals surface area contributed by atoms with Crippen molar-refractivity contribution in [3.8, 4) is 0 Å². The fraction of sp³-hybridized carbons (Fsp3) is 0.194. The number of hydrogen-bond donors (Lipinski definition) is 1. The first-order valence-corrected chi connectivity index (χ1v) is 12.0. The Kier molecular flexibility index (Phi) is 6.29. The molecule has 1 heterocycles. The lowest BCUT2D eigenvalue weighted by Gasteiger charge is -2.33. The monoisotopic (exact) mass is 445 g/mol. The Hall–Kier alpha value is -3.69. The predicted molar refractivity (Wildman–Crippen MR) is 142 cm³/mol. The van der Waals surface area contributed by atoms with Crippen molar-refractivity contribution in [3.05, 3.63) is 138 Å². The molecule has 0 spiro atoms. The molecule has 0 radical (unpaired) electrons. The molecule has 5 rings (SSSR count). The molecule has 1 aliphatic heterocycles. The highest BCUT2D eigenvalue weighted by Gasteiger charge is 2.45. The normalized spacial score (nSPS) is 16.9. The molecule has 0 amide bonds. The van der Waals surface area contributed by atoms with Gasteiger partial charge in [0.05, 0.1) is 17.4 Å². The molecule has 34 heavy (non-hydrogen) atoms. The van der Waals surface area contributed by atoms with Gasteiger partial charge in [-0.25, -0.2) is 0 Å². The minimum absolute atomic E-state index is 0.117. The summed E-state index contributed by atoms with van der Waals surface area (Å²) >= 11 is 0. The molecule has 4 aromatic rings. The SMILES string of the molecule is CC1(C)C(c2ccccc2)=NN(c2ccc(CNCc3ccccc3)cc2)[C@@H]1c1ccccc1. The molecule has 170 valence electrons. The number of nitrogens with zero attached hydrogens (tertiary/aromatic N) is 2. The summed E-state index contributed by atoms with van der Waals surface area (Å²) in [6.45, 7) is 6.31. The lowest BCUT2D eigenvalue weighted by Crippen LogP contribution is -2.32. The first-order chi connectivity index (χ1) is 16.6. The minimum Gasteiger partial charge on any atom is -0.309 e. The fourth-order valence-electron chi connectivity index (χ4n) is 4.87. The second kappa shape index (κ2) is 9.66. The number of rotatable bonds is 7. The third-order valence-electron chi connectivity index (χ3n) is 6.61. The van der Waals surface area contributed by atoms with Gasteiger partial charge in [0, 0.05) is 18.5 Å². The summed E-state index contributed by atoms with van der Waals surface area (Å²) in [5.41, 5.74) is 7.09. The number of anilines is 1. The Balaban J connectivity index is 1.41. The van der Waals surface area contributed by atoms with Gasteiger partial charge in [-0.05, 0) is 34.4 Å². The van der Waals surface area contributed by atoms with Crippen LogP contribution in [-0.4, -0.2) is 5.71 Å². The maximum atomic E-state index is 5.20. The molecule has 0 bridgehead atoms. The van der Waals surface area contributed by atoms with Gasteiger partial charge < -0.3 is 5.32 Å². The van der Waals surface area contributed by atoms with Crippen LogP contribution in [0.25, 0.3) is 0 Å². The van der Waals surface area contributed by atoms with Crippen molar-refractivity contribution >= 4 is 11.4 Å². The van der Waals surface area contributed by atoms with Gasteiger partial charge in [-0.2, -0.15) is 5.10 Å². The summed E-state index contributed by atoms with van der Waals surface area (Å²) in [4.78, 5) is 0. The van der Waals surface area contributed by atoms with E-state index in [2.05, 4.69) is 139 Å². The molecule has 3 nitrogen and oxygen atoms in total. The first-order valence-electron chi connectivity index (χ1n) is 12.0. The van der Waals surface area contributed by atoms with Crippen molar-refractivity contribution in [1.29, 1.82) is 0 Å². The maximum Gasteiger partial charge on any atom is 0.0882 e. The summed E-state index contributed by atoms with van der Waals surface area (Å²) in [6, 6.07) is 40.7. The highest BCUT2D eigenvalue weighted by Crippen LogP contribution is 2.48. The Labute approximate surface area is 202 Å². The number of benzene rings is 4. The van der Waals surface area contributed by atoms with Gasteiger partial charge in [0.15, 0.2) is 0 Å². The van der Waals surface area contributed by atoms with Crippen LogP contribution in [0.5, 0.6) is 0 Å². The minimum atomic E-state index is -0.154. The van der Waals surface area contributed by atoms with E-state index in [0.29, 0.717) is 0 Å². The number of hydrogen-bond acceptors (Lipinski definition) is 3. The molecule has 1 aliphatic rings. The van der Waals surface area contributed by atoms with E-state index < -0.39 is 0 Å². The molecule has 0 fully saturated rings. The average molecular weight is 446 g/mol. The topological polar surface area (TPSA) is 27.6 Å². The van der Waals surface area contributed by atoms with Gasteiger partial charge in [-0.3, -0.25) is 5.01 Å². The van der Waals surface area contributed by atoms with Crippen LogP contribution >= 0.6 is 0 Å². The van der Waals surface area contributed by atoms with Crippen LogP contribution in [0.3, 0.4) is 0 Å².